The van der Waals surface area contributed by atoms with Gasteiger partial charge in [0.25, 0.3) is 0 Å². The van der Waals surface area contributed by atoms with Crippen LogP contribution in [0.25, 0.3) is 0 Å². The lowest BCUT2D eigenvalue weighted by Crippen LogP contribution is -2.00. The van der Waals surface area contributed by atoms with Gasteiger partial charge in [-0.05, 0) is 5.92 Å². The maximum Gasteiger partial charge on any atom is 0.373 e. The lowest BCUT2D eigenvalue weighted by Gasteiger charge is -2.03. The van der Waals surface area contributed by atoms with Crippen LogP contribution in [-0.4, -0.2) is 15.7 Å². The second-order valence-corrected chi connectivity index (χ2v) is 2.74. The molecule has 1 rings (SSSR count). The minimum Gasteiger partial charge on any atom is -0.337 e. The minimum atomic E-state index is 0.250. The van der Waals surface area contributed by atoms with E-state index in [-0.39, 0.29) is 6.15 Å². The Morgan fingerprint density at radius 3 is 2.42 bits per heavy atom. The normalized spacial score (nSPS) is 8.58. The second kappa shape index (κ2) is 6.31. The Labute approximate surface area is 71.2 Å². The van der Waals surface area contributed by atoms with Crippen molar-refractivity contribution in [2.75, 3.05) is 0 Å². The van der Waals surface area contributed by atoms with Crippen LogP contribution in [-0.2, 0) is 16.1 Å². The Hall–Kier alpha value is -1.41. The van der Waals surface area contributed by atoms with Gasteiger partial charge in [-0.15, -0.1) is 0 Å². The van der Waals surface area contributed by atoms with E-state index in [1.165, 1.54) is 0 Å². The number of nitrogens with zero attached hydrogens (tertiary/aromatic N) is 2. The van der Waals surface area contributed by atoms with Crippen molar-refractivity contribution in [2.45, 2.75) is 20.4 Å². The van der Waals surface area contributed by atoms with Crippen LogP contribution in [0.1, 0.15) is 13.8 Å². The quantitative estimate of drug-likeness (QED) is 0.660. The molecular weight excluding hydrogens is 156 g/mol. The fraction of sp³-hybridized carbons (Fsp3) is 0.500. The zero-order valence-electron chi connectivity index (χ0n) is 7.23. The monoisotopic (exact) mass is 168 g/mol. The van der Waals surface area contributed by atoms with Gasteiger partial charge in [0.05, 0.1) is 6.33 Å². The highest BCUT2D eigenvalue weighted by Crippen LogP contribution is 1.96. The fourth-order valence-corrected chi connectivity index (χ4v) is 0.816. The van der Waals surface area contributed by atoms with E-state index in [1.54, 1.807) is 0 Å². The van der Waals surface area contributed by atoms with Gasteiger partial charge >= 0.3 is 6.15 Å². The molecule has 1 aromatic rings. The molecule has 66 valence electrons. The molecule has 0 radical (unpaired) electrons. The molecule has 0 fully saturated rings. The third-order valence-electron chi connectivity index (χ3n) is 1.14. The smallest absolute Gasteiger partial charge is 0.337 e. The van der Waals surface area contributed by atoms with Gasteiger partial charge in [0, 0.05) is 18.9 Å². The highest BCUT2D eigenvalue weighted by Gasteiger charge is 1.92. The van der Waals surface area contributed by atoms with Crippen LogP contribution in [0, 0.1) is 5.92 Å². The van der Waals surface area contributed by atoms with Crippen LogP contribution in [0.3, 0.4) is 0 Å². The van der Waals surface area contributed by atoms with E-state index >= 15 is 0 Å². The van der Waals surface area contributed by atoms with Crippen molar-refractivity contribution >= 4 is 6.15 Å². The number of hydrogen-bond donors (Lipinski definition) is 0. The summed E-state index contributed by atoms with van der Waals surface area (Å²) in [6.45, 7) is 5.46. The molecule has 0 amide bonds. The van der Waals surface area contributed by atoms with Gasteiger partial charge in [0.15, 0.2) is 0 Å². The highest BCUT2D eigenvalue weighted by molar-refractivity contribution is 5.20. The molecule has 1 aromatic heterocycles. The SMILES string of the molecule is CC(C)Cn1ccnc1.O=C=O. The third-order valence-corrected chi connectivity index (χ3v) is 1.14. The highest BCUT2D eigenvalue weighted by atomic mass is 16.2. The Kier molecular flexibility index (Phi) is 5.57. The summed E-state index contributed by atoms with van der Waals surface area (Å²) in [6.07, 6.45) is 5.89. The molecule has 0 saturated heterocycles. The van der Waals surface area contributed by atoms with Crippen LogP contribution in [0.2, 0.25) is 0 Å². The molecule has 1 heterocycles. The Morgan fingerprint density at radius 2 is 2.08 bits per heavy atom. The summed E-state index contributed by atoms with van der Waals surface area (Å²) in [6, 6.07) is 0. The van der Waals surface area contributed by atoms with Crippen molar-refractivity contribution in [1.29, 1.82) is 0 Å². The summed E-state index contributed by atoms with van der Waals surface area (Å²) in [5.41, 5.74) is 0. The molecule has 12 heavy (non-hydrogen) atoms. The molecule has 4 nitrogen and oxygen atoms in total. The molecule has 0 bridgehead atoms. The van der Waals surface area contributed by atoms with Gasteiger partial charge in [-0.2, -0.15) is 9.59 Å². The molecule has 0 saturated carbocycles. The zero-order chi connectivity index (χ0) is 9.40. The van der Waals surface area contributed by atoms with E-state index in [1.807, 2.05) is 18.7 Å². The summed E-state index contributed by atoms with van der Waals surface area (Å²) in [5.74, 6) is 0.708. The lowest BCUT2D eigenvalue weighted by molar-refractivity contribution is -0.191. The molecule has 0 aliphatic carbocycles. The van der Waals surface area contributed by atoms with Gasteiger partial charge in [-0.25, -0.2) is 4.98 Å². The minimum absolute atomic E-state index is 0.250. The number of rotatable bonds is 2. The molecular formula is C8H12N2O2. The van der Waals surface area contributed by atoms with Crippen molar-refractivity contribution in [3.63, 3.8) is 0 Å². The van der Waals surface area contributed by atoms with Crippen LogP contribution >= 0.6 is 0 Å². The summed E-state index contributed by atoms with van der Waals surface area (Å²) >= 11 is 0. The van der Waals surface area contributed by atoms with Crippen molar-refractivity contribution in [3.8, 4) is 0 Å². The zero-order valence-corrected chi connectivity index (χ0v) is 7.23. The molecule has 0 aromatic carbocycles. The van der Waals surface area contributed by atoms with E-state index in [0.717, 1.165) is 6.54 Å². The topological polar surface area (TPSA) is 52.0 Å². The Morgan fingerprint density at radius 1 is 1.50 bits per heavy atom. The average molecular weight is 168 g/mol. The number of carbonyl (C=O) groups excluding carboxylic acids is 2. The molecule has 0 spiro atoms. The van der Waals surface area contributed by atoms with E-state index in [4.69, 9.17) is 9.59 Å². The predicted octanol–water partition coefficient (Wildman–Crippen LogP) is 0.956. The Balaban J connectivity index is 0.000000354. The lowest BCUT2D eigenvalue weighted by atomic mass is 10.2. The summed E-state index contributed by atoms with van der Waals surface area (Å²) in [7, 11) is 0. The molecule has 0 atom stereocenters. The fourth-order valence-electron chi connectivity index (χ4n) is 0.816. The van der Waals surface area contributed by atoms with Crippen molar-refractivity contribution < 1.29 is 9.59 Å². The van der Waals surface area contributed by atoms with Gasteiger partial charge in [0.2, 0.25) is 0 Å². The Bertz CT molecular complexity index is 223. The number of imidazole rings is 1. The van der Waals surface area contributed by atoms with E-state index in [2.05, 4.69) is 23.4 Å². The first kappa shape index (κ1) is 10.6. The molecule has 0 unspecified atom stereocenters. The average Bonchev–Trinajstić information content (AvgIpc) is 2.40. The molecule has 0 aliphatic heterocycles. The van der Waals surface area contributed by atoms with E-state index in [9.17, 15) is 0 Å². The first-order valence-corrected chi connectivity index (χ1v) is 3.65. The molecule has 4 heteroatoms. The summed E-state index contributed by atoms with van der Waals surface area (Å²) in [5, 5.41) is 0. The standard InChI is InChI=1S/C7H12N2.CO2/c1-7(2)5-9-4-3-8-6-9;2-1-3/h3-4,6-7H,5H2,1-2H3;. The van der Waals surface area contributed by atoms with E-state index < -0.39 is 0 Å². The van der Waals surface area contributed by atoms with Crippen molar-refractivity contribution in [3.05, 3.63) is 18.7 Å². The van der Waals surface area contributed by atoms with Crippen molar-refractivity contribution in [1.82, 2.24) is 9.55 Å². The maximum absolute atomic E-state index is 8.12. The van der Waals surface area contributed by atoms with Gasteiger partial charge < -0.3 is 4.57 Å². The third kappa shape index (κ3) is 5.38. The van der Waals surface area contributed by atoms with E-state index in [0.29, 0.717) is 5.92 Å². The predicted molar refractivity (Wildman–Crippen MR) is 42.1 cm³/mol. The van der Waals surface area contributed by atoms with Gasteiger partial charge in [-0.3, -0.25) is 0 Å². The molecule has 0 N–H and O–H groups in total. The second-order valence-electron chi connectivity index (χ2n) is 2.74. The molecule has 0 aliphatic rings. The number of aromatic nitrogens is 2. The van der Waals surface area contributed by atoms with Crippen LogP contribution < -0.4 is 0 Å². The summed E-state index contributed by atoms with van der Waals surface area (Å²) < 4.78 is 2.09. The van der Waals surface area contributed by atoms with Crippen LogP contribution in [0.15, 0.2) is 18.7 Å². The first-order valence-electron chi connectivity index (χ1n) is 3.65. The van der Waals surface area contributed by atoms with Crippen LogP contribution in [0.4, 0.5) is 0 Å². The van der Waals surface area contributed by atoms with Gasteiger partial charge in [0.1, 0.15) is 0 Å². The number of hydrogen-bond acceptors (Lipinski definition) is 3. The van der Waals surface area contributed by atoms with Crippen LogP contribution in [0.5, 0.6) is 0 Å². The first-order chi connectivity index (χ1) is 5.70. The summed E-state index contributed by atoms with van der Waals surface area (Å²) in [4.78, 5) is 20.2. The maximum atomic E-state index is 8.12. The van der Waals surface area contributed by atoms with Crippen molar-refractivity contribution in [2.24, 2.45) is 5.92 Å². The largest absolute Gasteiger partial charge is 0.373 e. The van der Waals surface area contributed by atoms with Gasteiger partial charge in [-0.1, -0.05) is 13.8 Å².